The molecule has 0 N–H and O–H groups in total. The molecule has 1 aliphatic heterocycles. The van der Waals surface area contributed by atoms with E-state index >= 15 is 0 Å². The molecule has 2 rings (SSSR count). The fourth-order valence-electron chi connectivity index (χ4n) is 2.42. The molecule has 134 valence electrons. The number of benzene rings is 1. The lowest BCUT2D eigenvalue weighted by atomic mass is 10.1. The molecule has 24 heavy (non-hydrogen) atoms. The van der Waals surface area contributed by atoms with Crippen LogP contribution in [0.15, 0.2) is 18.2 Å². The number of amides is 1. The van der Waals surface area contributed by atoms with E-state index in [4.69, 9.17) is 0 Å². The molecule has 0 unspecified atom stereocenters. The molecule has 1 fully saturated rings. The van der Waals surface area contributed by atoms with Crippen molar-refractivity contribution in [1.82, 2.24) is 9.80 Å². The molecular weight excluding hydrogens is 453 g/mol. The quantitative estimate of drug-likeness (QED) is 0.491. The number of nitrogens with zero attached hydrogens (tertiary/aromatic N) is 2. The van der Waals surface area contributed by atoms with Crippen molar-refractivity contribution in [2.24, 2.45) is 0 Å². The zero-order valence-corrected chi connectivity index (χ0v) is 14.4. The highest BCUT2D eigenvalue weighted by atomic mass is 127. The van der Waals surface area contributed by atoms with Gasteiger partial charge in [-0.05, 0) is 40.8 Å². The Bertz CT molecular complexity index is 608. The van der Waals surface area contributed by atoms with Crippen LogP contribution in [0.25, 0.3) is 0 Å². The number of carbonyl (C=O) groups is 1. The van der Waals surface area contributed by atoms with E-state index in [1.807, 2.05) is 0 Å². The van der Waals surface area contributed by atoms with E-state index in [1.54, 1.807) is 0 Å². The largest absolute Gasteiger partial charge is 0.417 e. The third-order valence-corrected chi connectivity index (χ3v) is 4.48. The smallest absolute Gasteiger partial charge is 0.336 e. The molecule has 0 aliphatic carbocycles. The highest BCUT2D eigenvalue weighted by Gasteiger charge is 2.35. The summed E-state index contributed by atoms with van der Waals surface area (Å²) in [6, 6.07) is 3.08. The van der Waals surface area contributed by atoms with Gasteiger partial charge in [-0.2, -0.15) is 26.3 Å². The summed E-state index contributed by atoms with van der Waals surface area (Å²) >= 11 is 1.51. The summed E-state index contributed by atoms with van der Waals surface area (Å²) in [4.78, 5) is 14.9. The summed E-state index contributed by atoms with van der Waals surface area (Å²) in [5.41, 5.74) is -0.730. The summed E-state index contributed by atoms with van der Waals surface area (Å²) in [7, 11) is 0. The molecule has 0 radical (unpaired) electrons. The first-order valence-electron chi connectivity index (χ1n) is 6.92. The summed E-state index contributed by atoms with van der Waals surface area (Å²) in [5.74, 6) is -0.478. The van der Waals surface area contributed by atoms with Gasteiger partial charge >= 0.3 is 12.4 Å². The van der Waals surface area contributed by atoms with E-state index in [0.29, 0.717) is 0 Å². The maximum Gasteiger partial charge on any atom is 0.417 e. The Hall–Kier alpha value is -1.04. The van der Waals surface area contributed by atoms with Crippen molar-refractivity contribution in [2.45, 2.75) is 12.4 Å². The van der Waals surface area contributed by atoms with E-state index in [0.717, 1.165) is 18.2 Å². The first-order valence-corrected chi connectivity index (χ1v) is 8.00. The van der Waals surface area contributed by atoms with Crippen LogP contribution in [-0.2, 0) is 6.18 Å². The van der Waals surface area contributed by atoms with E-state index in [1.165, 1.54) is 32.4 Å². The molecule has 0 spiro atoms. The first-order chi connectivity index (χ1) is 11.0. The zero-order chi connectivity index (χ0) is 18.1. The third-order valence-electron chi connectivity index (χ3n) is 3.58. The van der Waals surface area contributed by atoms with Crippen molar-refractivity contribution < 1.29 is 31.1 Å². The lowest BCUT2D eigenvalue weighted by Gasteiger charge is -2.35. The highest BCUT2D eigenvalue weighted by Crippen LogP contribution is 2.33. The van der Waals surface area contributed by atoms with Gasteiger partial charge in [0.15, 0.2) is 0 Å². The van der Waals surface area contributed by atoms with Crippen molar-refractivity contribution in [2.75, 3.05) is 32.7 Å². The van der Waals surface area contributed by atoms with Gasteiger partial charge in [-0.1, -0.05) is 0 Å². The molecule has 10 heteroatoms. The van der Waals surface area contributed by atoms with E-state index in [9.17, 15) is 31.1 Å². The van der Waals surface area contributed by atoms with Crippen LogP contribution in [0.3, 0.4) is 0 Å². The van der Waals surface area contributed by atoms with Gasteiger partial charge in [0.2, 0.25) is 0 Å². The van der Waals surface area contributed by atoms with Gasteiger partial charge in [-0.3, -0.25) is 9.69 Å². The second-order valence-electron chi connectivity index (χ2n) is 5.38. The molecule has 0 atom stereocenters. The predicted molar refractivity (Wildman–Crippen MR) is 82.6 cm³/mol. The molecule has 0 saturated carbocycles. The first kappa shape index (κ1) is 19.3. The maximum atomic E-state index is 12.7. The van der Waals surface area contributed by atoms with Crippen LogP contribution in [0.4, 0.5) is 26.3 Å². The number of hydrogen-bond acceptors (Lipinski definition) is 2. The second-order valence-corrected chi connectivity index (χ2v) is 6.54. The van der Waals surface area contributed by atoms with Gasteiger partial charge in [0.1, 0.15) is 0 Å². The van der Waals surface area contributed by atoms with Crippen molar-refractivity contribution in [3.05, 3.63) is 32.9 Å². The fraction of sp³-hybridized carbons (Fsp3) is 0.500. The lowest BCUT2D eigenvalue weighted by Crippen LogP contribution is -2.50. The SMILES string of the molecule is O=C(c1ccc(C(F)(F)F)c(I)c1)N1CCN(CC(F)(F)F)CC1. The van der Waals surface area contributed by atoms with E-state index in [-0.39, 0.29) is 35.3 Å². The minimum Gasteiger partial charge on any atom is -0.336 e. The molecule has 1 aliphatic rings. The molecular formula is C14H13F6IN2O. The Balaban J connectivity index is 2.02. The molecule has 0 aromatic heterocycles. The van der Waals surface area contributed by atoms with Crippen LogP contribution in [0.5, 0.6) is 0 Å². The van der Waals surface area contributed by atoms with Gasteiger partial charge in [0, 0.05) is 35.3 Å². The van der Waals surface area contributed by atoms with Crippen LogP contribution >= 0.6 is 22.6 Å². The highest BCUT2D eigenvalue weighted by molar-refractivity contribution is 14.1. The third kappa shape index (κ3) is 4.98. The zero-order valence-electron chi connectivity index (χ0n) is 12.2. The Labute approximate surface area is 147 Å². The summed E-state index contributed by atoms with van der Waals surface area (Å²) < 4.78 is 75.0. The van der Waals surface area contributed by atoms with E-state index in [2.05, 4.69) is 0 Å². The molecule has 1 aromatic rings. The molecule has 1 aromatic carbocycles. The molecule has 1 heterocycles. The molecule has 1 saturated heterocycles. The maximum absolute atomic E-state index is 12.7. The van der Waals surface area contributed by atoms with Crippen molar-refractivity contribution in [3.63, 3.8) is 0 Å². The summed E-state index contributed by atoms with van der Waals surface area (Å²) in [6.45, 7) is -0.682. The normalized spacial score (nSPS) is 17.2. The molecule has 0 bridgehead atoms. The standard InChI is InChI=1S/C14H13F6IN2O/c15-13(16,17)8-22-3-5-23(6-4-22)12(24)9-1-2-10(11(21)7-9)14(18,19)20/h1-2,7H,3-6,8H2. The Kier molecular flexibility index (Phi) is 5.68. The number of halogens is 7. The van der Waals surface area contributed by atoms with Gasteiger partial charge < -0.3 is 4.90 Å². The number of piperazine rings is 1. The summed E-state index contributed by atoms with van der Waals surface area (Å²) in [5, 5.41) is 0. The van der Waals surface area contributed by atoms with Crippen LogP contribution in [0.1, 0.15) is 15.9 Å². The second kappa shape index (κ2) is 7.06. The van der Waals surface area contributed by atoms with Crippen LogP contribution in [0.2, 0.25) is 0 Å². The monoisotopic (exact) mass is 466 g/mol. The average molecular weight is 466 g/mol. The minimum atomic E-state index is -4.50. The summed E-state index contributed by atoms with van der Waals surface area (Å²) in [6.07, 6.45) is -8.79. The van der Waals surface area contributed by atoms with E-state index < -0.39 is 30.4 Å². The molecule has 1 amide bonds. The minimum absolute atomic E-state index is 0.0724. The van der Waals surface area contributed by atoms with Gasteiger partial charge in [0.05, 0.1) is 12.1 Å². The van der Waals surface area contributed by atoms with Gasteiger partial charge in [-0.15, -0.1) is 0 Å². The van der Waals surface area contributed by atoms with Crippen molar-refractivity contribution >= 4 is 28.5 Å². The average Bonchev–Trinajstić information content (AvgIpc) is 2.44. The Morgan fingerprint density at radius 1 is 1.04 bits per heavy atom. The van der Waals surface area contributed by atoms with Crippen LogP contribution < -0.4 is 0 Å². The topological polar surface area (TPSA) is 23.6 Å². The van der Waals surface area contributed by atoms with Crippen molar-refractivity contribution in [3.8, 4) is 0 Å². The number of rotatable bonds is 2. The fourth-order valence-corrected chi connectivity index (χ4v) is 3.24. The van der Waals surface area contributed by atoms with Gasteiger partial charge in [0.25, 0.3) is 5.91 Å². The number of carbonyl (C=O) groups excluding carboxylic acids is 1. The van der Waals surface area contributed by atoms with Crippen LogP contribution in [0, 0.1) is 3.57 Å². The molecule has 3 nitrogen and oxygen atoms in total. The van der Waals surface area contributed by atoms with Gasteiger partial charge in [-0.25, -0.2) is 0 Å². The lowest BCUT2D eigenvalue weighted by molar-refractivity contribution is -0.148. The number of hydrogen-bond donors (Lipinski definition) is 0. The predicted octanol–water partition coefficient (Wildman–Crippen LogP) is 3.63. The number of alkyl halides is 6. The Morgan fingerprint density at radius 3 is 2.08 bits per heavy atom. The van der Waals surface area contributed by atoms with Crippen molar-refractivity contribution in [1.29, 1.82) is 0 Å². The van der Waals surface area contributed by atoms with Crippen LogP contribution in [-0.4, -0.2) is 54.6 Å². The Morgan fingerprint density at radius 2 is 1.62 bits per heavy atom.